The smallest absolute Gasteiger partial charge is 0.306 e. The molecular weight excluding hydrogens is 913 g/mol. The van der Waals surface area contributed by atoms with Crippen LogP contribution in [0.2, 0.25) is 0 Å². The van der Waals surface area contributed by atoms with Crippen LogP contribution in [0, 0.1) is 0 Å². The van der Waals surface area contributed by atoms with Crippen molar-refractivity contribution in [1.29, 1.82) is 0 Å². The molecule has 0 bridgehead atoms. The molecule has 0 aromatic carbocycles. The highest BCUT2D eigenvalue weighted by Crippen LogP contribution is 2.18. The first-order valence-corrected chi connectivity index (χ1v) is 33.3. The largest absolute Gasteiger partial charge is 0.462 e. The van der Waals surface area contributed by atoms with Crippen LogP contribution in [0.5, 0.6) is 0 Å². The fourth-order valence-corrected chi connectivity index (χ4v) is 10.2. The summed E-state index contributed by atoms with van der Waals surface area (Å²) in [6.07, 6.45) is 76.4. The zero-order chi connectivity index (χ0) is 53.6. The Morgan fingerprint density at radius 1 is 0.270 bits per heavy atom. The SMILES string of the molecule is CCCCC/C=C\C/C=C\CCCCCCCCCCCC(=O)OC(COC(=O)CCCCCCCCCCCC)COC(=O)CCCCCCCCCCCCCCCCCCCCCCCCCCCCC. The average Bonchev–Trinajstić information content (AvgIpc) is 3.40. The second-order valence-corrected chi connectivity index (χ2v) is 22.7. The molecule has 0 rings (SSSR count). The first kappa shape index (κ1) is 71.9. The summed E-state index contributed by atoms with van der Waals surface area (Å²) in [6.45, 7) is 6.67. The predicted molar refractivity (Wildman–Crippen MR) is 321 cm³/mol. The van der Waals surface area contributed by atoms with E-state index in [2.05, 4.69) is 45.1 Å². The Morgan fingerprint density at radius 2 is 0.486 bits per heavy atom. The summed E-state index contributed by atoms with van der Waals surface area (Å²) in [5.74, 6) is -0.846. The number of unbranched alkanes of at least 4 members (excludes halogenated alkanes) is 47. The van der Waals surface area contributed by atoms with Gasteiger partial charge in [-0.3, -0.25) is 14.4 Å². The third kappa shape index (κ3) is 60.8. The molecule has 0 amide bonds. The Kier molecular flexibility index (Phi) is 61.6. The topological polar surface area (TPSA) is 78.9 Å². The second kappa shape index (κ2) is 63.4. The molecule has 0 spiro atoms. The number of esters is 3. The van der Waals surface area contributed by atoms with Crippen LogP contribution in [-0.4, -0.2) is 37.2 Å². The van der Waals surface area contributed by atoms with Gasteiger partial charge < -0.3 is 14.2 Å². The van der Waals surface area contributed by atoms with Gasteiger partial charge in [0.15, 0.2) is 6.10 Å². The first-order valence-electron chi connectivity index (χ1n) is 33.3. The molecule has 0 aliphatic heterocycles. The molecule has 0 heterocycles. The van der Waals surface area contributed by atoms with Gasteiger partial charge in [-0.25, -0.2) is 0 Å². The van der Waals surface area contributed by atoms with Crippen LogP contribution >= 0.6 is 0 Å². The quantitative estimate of drug-likeness (QED) is 0.0261. The minimum Gasteiger partial charge on any atom is -0.462 e. The highest BCUT2D eigenvalue weighted by Gasteiger charge is 2.19. The van der Waals surface area contributed by atoms with Gasteiger partial charge in [0.05, 0.1) is 0 Å². The molecular formula is C68H128O6. The van der Waals surface area contributed by atoms with E-state index in [0.29, 0.717) is 19.3 Å². The van der Waals surface area contributed by atoms with E-state index in [4.69, 9.17) is 14.2 Å². The Morgan fingerprint density at radius 3 is 0.770 bits per heavy atom. The molecule has 0 N–H and O–H groups in total. The zero-order valence-corrected chi connectivity index (χ0v) is 50.1. The summed E-state index contributed by atoms with van der Waals surface area (Å²) in [5.41, 5.74) is 0. The van der Waals surface area contributed by atoms with Gasteiger partial charge >= 0.3 is 17.9 Å². The first-order chi connectivity index (χ1) is 36.5. The van der Waals surface area contributed by atoms with Crippen molar-refractivity contribution in [2.24, 2.45) is 0 Å². The molecule has 436 valence electrons. The molecule has 0 saturated heterocycles. The van der Waals surface area contributed by atoms with Crippen molar-refractivity contribution < 1.29 is 28.6 Å². The summed E-state index contributed by atoms with van der Waals surface area (Å²) < 4.78 is 16.9. The van der Waals surface area contributed by atoms with Gasteiger partial charge in [-0.2, -0.15) is 0 Å². The minimum atomic E-state index is -0.769. The van der Waals surface area contributed by atoms with Crippen molar-refractivity contribution >= 4 is 17.9 Å². The molecule has 0 saturated carbocycles. The fourth-order valence-electron chi connectivity index (χ4n) is 10.2. The molecule has 74 heavy (non-hydrogen) atoms. The summed E-state index contributed by atoms with van der Waals surface area (Å²) in [6, 6.07) is 0. The van der Waals surface area contributed by atoms with E-state index < -0.39 is 6.10 Å². The van der Waals surface area contributed by atoms with Crippen molar-refractivity contribution in [2.75, 3.05) is 13.2 Å². The fraction of sp³-hybridized carbons (Fsp3) is 0.897. The number of carbonyl (C=O) groups is 3. The highest BCUT2D eigenvalue weighted by atomic mass is 16.6. The molecule has 6 heteroatoms. The number of hydrogen-bond acceptors (Lipinski definition) is 6. The van der Waals surface area contributed by atoms with Crippen molar-refractivity contribution in [3.8, 4) is 0 Å². The van der Waals surface area contributed by atoms with E-state index in [1.807, 2.05) is 0 Å². The van der Waals surface area contributed by atoms with E-state index >= 15 is 0 Å². The van der Waals surface area contributed by atoms with Gasteiger partial charge in [-0.1, -0.05) is 328 Å². The Bertz CT molecular complexity index is 1190. The standard InChI is InChI=1S/C68H128O6/c1-4-7-10-13-16-19-22-24-26-28-30-31-32-33-34-35-36-37-39-40-42-44-46-49-52-55-58-61-67(70)73-64-65(63-72-66(69)60-57-54-51-48-21-18-15-12-9-6-3)74-68(71)62-59-56-53-50-47-45-43-41-38-29-27-25-23-20-17-14-11-8-5-2/h17,20,25,27,65H,4-16,18-19,21-24,26,28-64H2,1-3H3/b20-17-,27-25-. The Hall–Kier alpha value is -2.11. The van der Waals surface area contributed by atoms with Gasteiger partial charge in [0, 0.05) is 19.3 Å². The molecule has 0 aromatic rings. The third-order valence-corrected chi connectivity index (χ3v) is 15.2. The maximum absolute atomic E-state index is 12.9. The molecule has 0 fully saturated rings. The number of hydrogen-bond donors (Lipinski definition) is 0. The van der Waals surface area contributed by atoms with Crippen LogP contribution in [-0.2, 0) is 28.6 Å². The van der Waals surface area contributed by atoms with Gasteiger partial charge in [0.2, 0.25) is 0 Å². The second-order valence-electron chi connectivity index (χ2n) is 22.7. The normalized spacial score (nSPS) is 12.1. The highest BCUT2D eigenvalue weighted by molar-refractivity contribution is 5.71. The lowest BCUT2D eigenvalue weighted by atomic mass is 10.0. The van der Waals surface area contributed by atoms with Crippen LogP contribution in [0.1, 0.15) is 374 Å². The van der Waals surface area contributed by atoms with Crippen molar-refractivity contribution in [1.82, 2.24) is 0 Å². The van der Waals surface area contributed by atoms with Crippen molar-refractivity contribution in [2.45, 2.75) is 380 Å². The van der Waals surface area contributed by atoms with Gasteiger partial charge in [-0.15, -0.1) is 0 Å². The van der Waals surface area contributed by atoms with Crippen LogP contribution < -0.4 is 0 Å². The maximum Gasteiger partial charge on any atom is 0.306 e. The van der Waals surface area contributed by atoms with Crippen LogP contribution in [0.3, 0.4) is 0 Å². The number of allylic oxidation sites excluding steroid dienone is 4. The summed E-state index contributed by atoms with van der Waals surface area (Å²) in [5, 5.41) is 0. The van der Waals surface area contributed by atoms with Gasteiger partial charge in [0.25, 0.3) is 0 Å². The molecule has 0 aliphatic rings. The minimum absolute atomic E-state index is 0.0670. The predicted octanol–water partition coefficient (Wildman–Crippen LogP) is 22.6. The average molecular weight is 1040 g/mol. The van der Waals surface area contributed by atoms with E-state index in [1.54, 1.807) is 0 Å². The lowest BCUT2D eigenvalue weighted by Crippen LogP contribution is -2.30. The Balaban J connectivity index is 4.13. The van der Waals surface area contributed by atoms with Crippen LogP contribution in [0.4, 0.5) is 0 Å². The molecule has 0 aromatic heterocycles. The molecule has 1 unspecified atom stereocenters. The molecule has 0 aliphatic carbocycles. The third-order valence-electron chi connectivity index (χ3n) is 15.2. The van der Waals surface area contributed by atoms with E-state index in [-0.39, 0.29) is 31.1 Å². The molecule has 6 nitrogen and oxygen atoms in total. The van der Waals surface area contributed by atoms with Crippen LogP contribution in [0.25, 0.3) is 0 Å². The molecule has 0 radical (unpaired) electrons. The van der Waals surface area contributed by atoms with E-state index in [1.165, 1.54) is 270 Å². The van der Waals surface area contributed by atoms with Crippen LogP contribution in [0.15, 0.2) is 24.3 Å². The number of ether oxygens (including phenoxy) is 3. The van der Waals surface area contributed by atoms with Gasteiger partial charge in [-0.05, 0) is 51.4 Å². The zero-order valence-electron chi connectivity index (χ0n) is 50.1. The van der Waals surface area contributed by atoms with Crippen molar-refractivity contribution in [3.05, 3.63) is 24.3 Å². The lowest BCUT2D eigenvalue weighted by Gasteiger charge is -2.18. The number of rotatable bonds is 62. The lowest BCUT2D eigenvalue weighted by molar-refractivity contribution is -0.167. The maximum atomic E-state index is 12.9. The summed E-state index contributed by atoms with van der Waals surface area (Å²) in [4.78, 5) is 38.2. The van der Waals surface area contributed by atoms with E-state index in [0.717, 1.165) is 64.2 Å². The van der Waals surface area contributed by atoms with E-state index in [9.17, 15) is 14.4 Å². The number of carbonyl (C=O) groups excluding carboxylic acids is 3. The van der Waals surface area contributed by atoms with Crippen molar-refractivity contribution in [3.63, 3.8) is 0 Å². The summed E-state index contributed by atoms with van der Waals surface area (Å²) >= 11 is 0. The van der Waals surface area contributed by atoms with Gasteiger partial charge in [0.1, 0.15) is 13.2 Å². The monoisotopic (exact) mass is 1040 g/mol. The molecule has 1 atom stereocenters. The Labute approximate surface area is 462 Å². The summed E-state index contributed by atoms with van der Waals surface area (Å²) in [7, 11) is 0.